The Balaban J connectivity index is 1.70. The average Bonchev–Trinajstić information content (AvgIpc) is 2.87. The maximum Gasteiger partial charge on any atom is 0.269 e. The summed E-state index contributed by atoms with van der Waals surface area (Å²) in [6.07, 6.45) is 1.32. The molecular weight excluding hydrogens is 470 g/mol. The van der Waals surface area contributed by atoms with E-state index in [1.165, 1.54) is 36.4 Å². The minimum Gasteiger partial charge on any atom is -0.494 e. The molecule has 0 aliphatic rings. The predicted molar refractivity (Wildman–Crippen MR) is 133 cm³/mol. The van der Waals surface area contributed by atoms with Gasteiger partial charge >= 0.3 is 0 Å². The number of carbonyl (C=O) groups is 1. The second kappa shape index (κ2) is 12.0. The van der Waals surface area contributed by atoms with Gasteiger partial charge < -0.3 is 10.1 Å². The zero-order valence-electron chi connectivity index (χ0n) is 19.3. The smallest absolute Gasteiger partial charge is 0.269 e. The number of non-ortho nitro benzene ring substituents is 1. The first-order chi connectivity index (χ1) is 16.8. The van der Waals surface area contributed by atoms with Crippen LogP contribution in [0.3, 0.4) is 0 Å². The molecule has 0 fully saturated rings. The summed E-state index contributed by atoms with van der Waals surface area (Å²) in [6, 6.07) is 20.4. The third-order valence-electron chi connectivity index (χ3n) is 5.18. The number of carbonyl (C=O) groups excluding carboxylic acids is 1. The van der Waals surface area contributed by atoms with Crippen molar-refractivity contribution >= 4 is 27.3 Å². The molecule has 10 heteroatoms. The highest BCUT2D eigenvalue weighted by Crippen LogP contribution is 2.25. The maximum atomic E-state index is 13.3. The Kier molecular flexibility index (Phi) is 8.80. The van der Waals surface area contributed by atoms with Crippen LogP contribution in [0.15, 0.2) is 83.8 Å². The van der Waals surface area contributed by atoms with Crippen molar-refractivity contribution in [3.63, 3.8) is 0 Å². The van der Waals surface area contributed by atoms with Crippen LogP contribution in [-0.4, -0.2) is 38.9 Å². The number of hydrogen-bond acceptors (Lipinski definition) is 6. The topological polar surface area (TPSA) is 119 Å². The van der Waals surface area contributed by atoms with Gasteiger partial charge in [0.1, 0.15) is 12.3 Å². The van der Waals surface area contributed by atoms with Gasteiger partial charge in [-0.05, 0) is 55.7 Å². The largest absolute Gasteiger partial charge is 0.494 e. The van der Waals surface area contributed by atoms with Crippen molar-refractivity contribution in [3.05, 3.63) is 94.5 Å². The van der Waals surface area contributed by atoms with E-state index < -0.39 is 27.4 Å². The highest BCUT2D eigenvalue weighted by molar-refractivity contribution is 7.92. The number of anilines is 1. The van der Waals surface area contributed by atoms with Gasteiger partial charge in [0.2, 0.25) is 5.91 Å². The van der Waals surface area contributed by atoms with Crippen LogP contribution in [0.1, 0.15) is 18.9 Å². The van der Waals surface area contributed by atoms with Crippen molar-refractivity contribution in [2.45, 2.75) is 24.7 Å². The quantitative estimate of drug-likeness (QED) is 0.230. The summed E-state index contributed by atoms with van der Waals surface area (Å²) in [7, 11) is -4.08. The molecule has 3 rings (SSSR count). The molecule has 3 aromatic carbocycles. The molecular formula is C25H27N3O6S. The number of sulfonamides is 1. The van der Waals surface area contributed by atoms with Crippen LogP contribution in [0, 0.1) is 10.1 Å². The second-order valence-electron chi connectivity index (χ2n) is 7.59. The Morgan fingerprint density at radius 3 is 2.31 bits per heavy atom. The first-order valence-electron chi connectivity index (χ1n) is 11.1. The van der Waals surface area contributed by atoms with Crippen molar-refractivity contribution in [1.82, 2.24) is 5.32 Å². The summed E-state index contributed by atoms with van der Waals surface area (Å²) < 4.78 is 33.2. The lowest BCUT2D eigenvalue weighted by Crippen LogP contribution is -2.41. The molecule has 0 aliphatic carbocycles. The van der Waals surface area contributed by atoms with Crippen LogP contribution in [0.2, 0.25) is 0 Å². The van der Waals surface area contributed by atoms with Crippen LogP contribution >= 0.6 is 0 Å². The Labute approximate surface area is 204 Å². The van der Waals surface area contributed by atoms with E-state index >= 15 is 0 Å². The summed E-state index contributed by atoms with van der Waals surface area (Å²) in [5.74, 6) is 0.320. The lowest BCUT2D eigenvalue weighted by Gasteiger charge is -2.24. The SMILES string of the molecule is CCOc1ccccc1CCCNC(=O)CN(c1ccc([N+](=O)[O-])cc1)S(=O)(=O)c1ccccc1. The molecule has 0 aliphatic heterocycles. The van der Waals surface area contributed by atoms with E-state index in [1.807, 2.05) is 31.2 Å². The van der Waals surface area contributed by atoms with Gasteiger partial charge in [-0.25, -0.2) is 8.42 Å². The molecule has 35 heavy (non-hydrogen) atoms. The highest BCUT2D eigenvalue weighted by Gasteiger charge is 2.27. The van der Waals surface area contributed by atoms with Gasteiger partial charge in [0.15, 0.2) is 0 Å². The Morgan fingerprint density at radius 2 is 1.66 bits per heavy atom. The zero-order chi connectivity index (χ0) is 25.3. The molecule has 1 N–H and O–H groups in total. The fourth-order valence-corrected chi connectivity index (χ4v) is 4.92. The van der Waals surface area contributed by atoms with Gasteiger partial charge in [0.25, 0.3) is 15.7 Å². The van der Waals surface area contributed by atoms with E-state index in [-0.39, 0.29) is 16.3 Å². The number of nitrogens with zero attached hydrogens (tertiary/aromatic N) is 2. The van der Waals surface area contributed by atoms with Crippen molar-refractivity contribution in [3.8, 4) is 5.75 Å². The van der Waals surface area contributed by atoms with Gasteiger partial charge in [-0.2, -0.15) is 0 Å². The lowest BCUT2D eigenvalue weighted by atomic mass is 10.1. The minimum atomic E-state index is -4.08. The molecule has 0 atom stereocenters. The fourth-order valence-electron chi connectivity index (χ4n) is 3.48. The first kappa shape index (κ1) is 25.7. The fraction of sp³-hybridized carbons (Fsp3) is 0.240. The number of ether oxygens (including phenoxy) is 1. The molecule has 9 nitrogen and oxygen atoms in total. The molecule has 184 valence electrons. The molecule has 0 heterocycles. The molecule has 0 saturated carbocycles. The normalized spacial score (nSPS) is 11.0. The van der Waals surface area contributed by atoms with E-state index in [2.05, 4.69) is 5.32 Å². The highest BCUT2D eigenvalue weighted by atomic mass is 32.2. The number of nitrogens with one attached hydrogen (secondary N) is 1. The number of nitro groups is 1. The molecule has 0 spiro atoms. The first-order valence-corrected chi connectivity index (χ1v) is 12.6. The van der Waals surface area contributed by atoms with E-state index in [9.17, 15) is 23.3 Å². The number of benzene rings is 3. The monoisotopic (exact) mass is 497 g/mol. The van der Waals surface area contributed by atoms with E-state index in [4.69, 9.17) is 4.74 Å². The zero-order valence-corrected chi connectivity index (χ0v) is 20.1. The van der Waals surface area contributed by atoms with Crippen LogP contribution in [-0.2, 0) is 21.2 Å². The summed E-state index contributed by atoms with van der Waals surface area (Å²) in [6.45, 7) is 2.35. The number of nitro benzene ring substituents is 1. The van der Waals surface area contributed by atoms with Crippen molar-refractivity contribution in [1.29, 1.82) is 0 Å². The van der Waals surface area contributed by atoms with Crippen molar-refractivity contribution in [2.24, 2.45) is 0 Å². The maximum absolute atomic E-state index is 13.3. The third-order valence-corrected chi connectivity index (χ3v) is 6.97. The average molecular weight is 498 g/mol. The van der Waals surface area contributed by atoms with Gasteiger partial charge in [-0.1, -0.05) is 36.4 Å². The summed E-state index contributed by atoms with van der Waals surface area (Å²) >= 11 is 0. The summed E-state index contributed by atoms with van der Waals surface area (Å²) in [4.78, 5) is 23.1. The number of aryl methyl sites for hydroxylation is 1. The molecule has 0 unspecified atom stereocenters. The van der Waals surface area contributed by atoms with Gasteiger partial charge in [-0.15, -0.1) is 0 Å². The molecule has 0 bridgehead atoms. The number of para-hydroxylation sites is 1. The molecule has 1 amide bonds. The van der Waals surface area contributed by atoms with Crippen LogP contribution in [0.4, 0.5) is 11.4 Å². The van der Waals surface area contributed by atoms with Crippen LogP contribution in [0.5, 0.6) is 5.75 Å². The molecule has 0 aromatic heterocycles. The molecule has 3 aromatic rings. The van der Waals surface area contributed by atoms with Crippen LogP contribution in [0.25, 0.3) is 0 Å². The van der Waals surface area contributed by atoms with Crippen LogP contribution < -0.4 is 14.4 Å². The summed E-state index contributed by atoms with van der Waals surface area (Å²) in [5, 5.41) is 13.8. The number of hydrogen-bond donors (Lipinski definition) is 1. The van der Waals surface area contributed by atoms with Gasteiger partial charge in [0.05, 0.1) is 22.1 Å². The predicted octanol–water partition coefficient (Wildman–Crippen LogP) is 3.94. The summed E-state index contributed by atoms with van der Waals surface area (Å²) in [5.41, 5.74) is 1.01. The lowest BCUT2D eigenvalue weighted by molar-refractivity contribution is -0.384. The van der Waals surface area contributed by atoms with E-state index in [0.29, 0.717) is 26.0 Å². The van der Waals surface area contributed by atoms with Gasteiger partial charge in [0, 0.05) is 18.7 Å². The third kappa shape index (κ3) is 6.80. The van der Waals surface area contributed by atoms with Crippen molar-refractivity contribution < 1.29 is 22.9 Å². The van der Waals surface area contributed by atoms with E-state index in [0.717, 1.165) is 15.6 Å². The number of rotatable bonds is 12. The van der Waals surface area contributed by atoms with E-state index in [1.54, 1.807) is 18.2 Å². The van der Waals surface area contributed by atoms with Gasteiger partial charge in [-0.3, -0.25) is 19.2 Å². The Hall–Kier alpha value is -3.92. The minimum absolute atomic E-state index is 0.0127. The number of amides is 1. The second-order valence-corrected chi connectivity index (χ2v) is 9.45. The van der Waals surface area contributed by atoms with Crippen molar-refractivity contribution in [2.75, 3.05) is 24.0 Å². The molecule has 0 saturated heterocycles. The standard InChI is InChI=1S/C25H27N3O6S/c1-2-34-24-13-7-6-9-20(24)10-8-18-26-25(29)19-27(21-14-16-22(17-15-21)28(30)31)35(32,33)23-11-4-3-5-12-23/h3-7,9,11-17H,2,8,10,18-19H2,1H3,(H,26,29). The Bertz CT molecular complexity index is 1250. The Morgan fingerprint density at radius 1 is 1.00 bits per heavy atom. The molecule has 0 radical (unpaired) electrons.